The van der Waals surface area contributed by atoms with E-state index in [2.05, 4.69) is 25.8 Å². The highest BCUT2D eigenvalue weighted by Gasteiger charge is 2.29. The van der Waals surface area contributed by atoms with Gasteiger partial charge in [-0.15, -0.1) is 10.2 Å². The van der Waals surface area contributed by atoms with Gasteiger partial charge in [-0.05, 0) is 72.1 Å². The van der Waals surface area contributed by atoms with Crippen LogP contribution >= 0.6 is 11.3 Å². The number of hydrogen-bond donors (Lipinski definition) is 2. The highest BCUT2D eigenvalue weighted by molar-refractivity contribution is 7.13. The van der Waals surface area contributed by atoms with Gasteiger partial charge in [-0.3, -0.25) is 9.69 Å². The Morgan fingerprint density at radius 3 is 2.24 bits per heavy atom. The van der Waals surface area contributed by atoms with Crippen molar-refractivity contribution in [3.8, 4) is 0 Å². The summed E-state index contributed by atoms with van der Waals surface area (Å²) in [5.74, 6) is -0.785. The Morgan fingerprint density at radius 2 is 1.59 bits per heavy atom. The van der Waals surface area contributed by atoms with E-state index in [1.807, 2.05) is 18.2 Å². The number of unbranched alkanes of at least 4 members (excludes halogenated alkanes) is 1. The Balaban J connectivity index is 1.53. The van der Waals surface area contributed by atoms with E-state index in [1.165, 1.54) is 4.90 Å². The first-order valence-corrected chi connectivity index (χ1v) is 15.7. The highest BCUT2D eigenvalue weighted by Crippen LogP contribution is 2.18. The number of benzene rings is 1. The number of hydrogen-bond acceptors (Lipinski definition) is 11. The van der Waals surface area contributed by atoms with Crippen molar-refractivity contribution in [1.29, 1.82) is 0 Å². The number of nitrogens with one attached hydrogen (secondary N) is 2. The number of aromatic nitrogens is 3. The Bertz CT molecular complexity index is 1440. The number of carbonyl (C=O) groups is 4. The molecule has 2 N–H and O–H groups in total. The Kier molecular flexibility index (Phi) is 13.0. The standard InChI is InChI=1S/C32H42N6O7S/c1-31(2,3)44-28(40)23(35-29(41)43-21-22-14-8-7-9-15-22)20-34-26(39)27-37-36-25(46-27)17-11-13-19-38(24-16-10-12-18-33-24)30(42)45-32(4,5)6/h7-10,12,14-16,18,23H,11,13,17,19-21H2,1-6H3,(H,34,39)(H,35,41)/t23-/m0/s1. The monoisotopic (exact) mass is 654 g/mol. The van der Waals surface area contributed by atoms with E-state index >= 15 is 0 Å². The lowest BCUT2D eigenvalue weighted by Crippen LogP contribution is -2.50. The molecule has 0 bridgehead atoms. The predicted octanol–water partition coefficient (Wildman–Crippen LogP) is 5.06. The molecular formula is C32H42N6O7S. The van der Waals surface area contributed by atoms with Crippen LogP contribution in [0.15, 0.2) is 54.7 Å². The largest absolute Gasteiger partial charge is 0.458 e. The SMILES string of the molecule is CC(C)(C)OC(=O)[C@H](CNC(=O)c1nnc(CCCCN(C(=O)OC(C)(C)C)c2ccccn2)s1)NC(=O)OCc1ccccc1. The first-order chi connectivity index (χ1) is 21.7. The van der Waals surface area contributed by atoms with Crippen LogP contribution in [0.4, 0.5) is 15.4 Å². The van der Waals surface area contributed by atoms with E-state index in [0.717, 1.165) is 16.9 Å². The summed E-state index contributed by atoms with van der Waals surface area (Å²) in [6.07, 6.45) is 2.12. The zero-order valence-electron chi connectivity index (χ0n) is 27.1. The maximum Gasteiger partial charge on any atom is 0.416 e. The molecule has 248 valence electrons. The van der Waals surface area contributed by atoms with Crippen LogP contribution in [-0.2, 0) is 32.0 Å². The molecule has 0 unspecified atom stereocenters. The second kappa shape index (κ2) is 16.6. The molecule has 14 heteroatoms. The maximum atomic E-state index is 12.9. The molecule has 0 aliphatic rings. The van der Waals surface area contributed by atoms with Gasteiger partial charge in [0.1, 0.15) is 34.7 Å². The molecule has 0 fully saturated rings. The van der Waals surface area contributed by atoms with Gasteiger partial charge in [0.2, 0.25) is 5.01 Å². The van der Waals surface area contributed by atoms with Crippen LogP contribution in [0.3, 0.4) is 0 Å². The summed E-state index contributed by atoms with van der Waals surface area (Å²) >= 11 is 1.12. The molecule has 0 saturated carbocycles. The van der Waals surface area contributed by atoms with E-state index in [4.69, 9.17) is 14.2 Å². The van der Waals surface area contributed by atoms with Crippen molar-refractivity contribution in [2.75, 3.05) is 18.0 Å². The molecule has 0 radical (unpaired) electrons. The zero-order chi connectivity index (χ0) is 33.7. The van der Waals surface area contributed by atoms with E-state index < -0.39 is 41.3 Å². The van der Waals surface area contributed by atoms with Gasteiger partial charge in [-0.1, -0.05) is 47.7 Å². The molecule has 0 aliphatic carbocycles. The highest BCUT2D eigenvalue weighted by atomic mass is 32.1. The Morgan fingerprint density at radius 1 is 0.891 bits per heavy atom. The average molecular weight is 655 g/mol. The molecule has 3 amide bonds. The third-order valence-electron chi connectivity index (χ3n) is 5.89. The van der Waals surface area contributed by atoms with Gasteiger partial charge in [-0.25, -0.2) is 19.4 Å². The number of alkyl carbamates (subject to hydrolysis) is 1. The lowest BCUT2D eigenvalue weighted by Gasteiger charge is -2.26. The minimum absolute atomic E-state index is 0.00973. The first-order valence-electron chi connectivity index (χ1n) is 14.9. The van der Waals surface area contributed by atoms with Crippen LogP contribution in [0.5, 0.6) is 0 Å². The second-order valence-electron chi connectivity index (χ2n) is 12.3. The summed E-state index contributed by atoms with van der Waals surface area (Å²) in [6, 6.07) is 13.2. The predicted molar refractivity (Wildman–Crippen MR) is 172 cm³/mol. The van der Waals surface area contributed by atoms with Crippen molar-refractivity contribution in [3.05, 3.63) is 70.3 Å². The molecular weight excluding hydrogens is 612 g/mol. The van der Waals surface area contributed by atoms with Crippen molar-refractivity contribution in [2.45, 2.75) is 84.7 Å². The maximum absolute atomic E-state index is 12.9. The molecule has 3 rings (SSSR count). The van der Waals surface area contributed by atoms with Gasteiger partial charge in [0.25, 0.3) is 5.91 Å². The third kappa shape index (κ3) is 12.8. The number of rotatable bonds is 13. The lowest BCUT2D eigenvalue weighted by atomic mass is 10.2. The third-order valence-corrected chi connectivity index (χ3v) is 6.87. The molecule has 0 saturated heterocycles. The summed E-state index contributed by atoms with van der Waals surface area (Å²) in [4.78, 5) is 56.7. The van der Waals surface area contributed by atoms with Gasteiger partial charge >= 0.3 is 18.2 Å². The minimum Gasteiger partial charge on any atom is -0.458 e. The number of pyridine rings is 1. The molecule has 0 spiro atoms. The number of amides is 3. The zero-order valence-corrected chi connectivity index (χ0v) is 27.9. The normalized spacial score (nSPS) is 12.0. The smallest absolute Gasteiger partial charge is 0.416 e. The van der Waals surface area contributed by atoms with Crippen LogP contribution < -0.4 is 15.5 Å². The van der Waals surface area contributed by atoms with Gasteiger partial charge in [-0.2, -0.15) is 0 Å². The molecule has 1 atom stereocenters. The number of anilines is 1. The molecule has 2 aromatic heterocycles. The first kappa shape index (κ1) is 35.9. The number of carbonyl (C=O) groups excluding carboxylic acids is 4. The fourth-order valence-electron chi connectivity index (χ4n) is 3.87. The number of ether oxygens (including phenoxy) is 3. The van der Waals surface area contributed by atoms with Crippen molar-refractivity contribution >= 4 is 41.2 Å². The van der Waals surface area contributed by atoms with Crippen molar-refractivity contribution in [2.24, 2.45) is 0 Å². The van der Waals surface area contributed by atoms with E-state index in [9.17, 15) is 19.2 Å². The summed E-state index contributed by atoms with van der Waals surface area (Å²) in [5.41, 5.74) is -0.687. The minimum atomic E-state index is -1.20. The van der Waals surface area contributed by atoms with Crippen LogP contribution in [0.1, 0.15) is 74.8 Å². The van der Waals surface area contributed by atoms with Gasteiger partial charge in [0.15, 0.2) is 0 Å². The summed E-state index contributed by atoms with van der Waals surface area (Å²) < 4.78 is 16.2. The van der Waals surface area contributed by atoms with Gasteiger partial charge in [0.05, 0.1) is 0 Å². The Hall–Kier alpha value is -4.59. The van der Waals surface area contributed by atoms with Gasteiger partial charge < -0.3 is 24.8 Å². The van der Waals surface area contributed by atoms with Crippen molar-refractivity contribution in [3.63, 3.8) is 0 Å². The molecule has 3 aromatic rings. The second-order valence-corrected chi connectivity index (χ2v) is 13.3. The van der Waals surface area contributed by atoms with Crippen molar-refractivity contribution in [1.82, 2.24) is 25.8 Å². The van der Waals surface area contributed by atoms with Gasteiger partial charge in [0, 0.05) is 25.7 Å². The van der Waals surface area contributed by atoms with E-state index in [-0.39, 0.29) is 18.2 Å². The quantitative estimate of drug-likeness (QED) is 0.145. The molecule has 1 aromatic carbocycles. The number of aryl methyl sites for hydroxylation is 1. The fraction of sp³-hybridized carbons (Fsp3) is 0.469. The van der Waals surface area contributed by atoms with Crippen molar-refractivity contribution < 1.29 is 33.4 Å². The van der Waals surface area contributed by atoms with Crippen LogP contribution in [0, 0.1) is 0 Å². The summed E-state index contributed by atoms with van der Waals surface area (Å²) in [7, 11) is 0. The Labute approximate surface area is 273 Å². The lowest BCUT2D eigenvalue weighted by molar-refractivity contribution is -0.157. The molecule has 46 heavy (non-hydrogen) atoms. The summed E-state index contributed by atoms with van der Waals surface area (Å²) in [5, 5.41) is 13.9. The molecule has 2 heterocycles. The topological polar surface area (TPSA) is 162 Å². The van der Waals surface area contributed by atoms with Crippen LogP contribution in [-0.4, -0.2) is 69.6 Å². The molecule has 13 nitrogen and oxygen atoms in total. The van der Waals surface area contributed by atoms with E-state index in [1.54, 1.807) is 78.1 Å². The average Bonchev–Trinajstić information content (AvgIpc) is 3.46. The summed E-state index contributed by atoms with van der Waals surface area (Å²) in [6.45, 7) is 10.7. The number of esters is 1. The fourth-order valence-corrected chi connectivity index (χ4v) is 4.66. The van der Waals surface area contributed by atoms with Crippen LogP contribution in [0.2, 0.25) is 0 Å². The van der Waals surface area contributed by atoms with E-state index in [0.29, 0.717) is 36.6 Å². The van der Waals surface area contributed by atoms with Crippen LogP contribution in [0.25, 0.3) is 0 Å². The number of nitrogens with zero attached hydrogens (tertiary/aromatic N) is 4. The molecule has 0 aliphatic heterocycles.